The summed E-state index contributed by atoms with van der Waals surface area (Å²) in [6.07, 6.45) is 1.67. The zero-order chi connectivity index (χ0) is 11.7. The molecule has 0 aliphatic carbocycles. The molecule has 0 saturated heterocycles. The highest BCUT2D eigenvalue weighted by Gasteiger charge is 2.12. The van der Waals surface area contributed by atoms with Gasteiger partial charge in [0.05, 0.1) is 11.6 Å². The highest BCUT2D eigenvalue weighted by Crippen LogP contribution is 2.20. The van der Waals surface area contributed by atoms with Gasteiger partial charge in [-0.1, -0.05) is 0 Å². The first-order valence-corrected chi connectivity index (χ1v) is 5.13. The van der Waals surface area contributed by atoms with Gasteiger partial charge in [-0.2, -0.15) is 0 Å². The number of ketones is 1. The van der Waals surface area contributed by atoms with Crippen molar-refractivity contribution >= 4 is 16.6 Å². The first-order valence-electron chi connectivity index (χ1n) is 5.13. The molecule has 0 aliphatic heterocycles. The van der Waals surface area contributed by atoms with Gasteiger partial charge in [0.25, 0.3) is 0 Å². The van der Waals surface area contributed by atoms with E-state index in [9.17, 15) is 9.18 Å². The van der Waals surface area contributed by atoms with Gasteiger partial charge < -0.3 is 0 Å². The van der Waals surface area contributed by atoms with E-state index in [1.165, 1.54) is 19.1 Å². The number of fused-ring (bicyclic) bond motifs is 1. The molecule has 2 nitrogen and oxygen atoms in total. The Morgan fingerprint density at radius 1 is 1.31 bits per heavy atom. The van der Waals surface area contributed by atoms with E-state index in [0.29, 0.717) is 5.69 Å². The summed E-state index contributed by atoms with van der Waals surface area (Å²) in [4.78, 5) is 15.4. The average molecular weight is 217 g/mol. The fraction of sp³-hybridized carbons (Fsp3) is 0.231. The minimum Gasteiger partial charge on any atom is -0.299 e. The Labute approximate surface area is 93.1 Å². The Balaban J connectivity index is 2.54. The topological polar surface area (TPSA) is 30.0 Å². The number of carbonyl (C=O) groups is 1. The third-order valence-electron chi connectivity index (χ3n) is 2.76. The van der Waals surface area contributed by atoms with Crippen LogP contribution in [-0.4, -0.2) is 10.8 Å². The van der Waals surface area contributed by atoms with Crippen molar-refractivity contribution in [3.63, 3.8) is 0 Å². The number of nitrogens with zero attached hydrogens (tertiary/aromatic N) is 1. The van der Waals surface area contributed by atoms with Crippen LogP contribution in [-0.2, 0) is 4.79 Å². The monoisotopic (exact) mass is 217 g/mol. The van der Waals surface area contributed by atoms with Gasteiger partial charge in [0.1, 0.15) is 11.6 Å². The van der Waals surface area contributed by atoms with Crippen molar-refractivity contribution < 1.29 is 9.18 Å². The van der Waals surface area contributed by atoms with E-state index in [1.54, 1.807) is 25.3 Å². The number of carbonyl (C=O) groups excluding carboxylic acids is 1. The highest BCUT2D eigenvalue weighted by atomic mass is 19.1. The summed E-state index contributed by atoms with van der Waals surface area (Å²) in [6.45, 7) is 3.33. The molecule has 16 heavy (non-hydrogen) atoms. The Kier molecular flexibility index (Phi) is 2.69. The minimum absolute atomic E-state index is 0.0586. The Bertz CT molecular complexity index is 551. The van der Waals surface area contributed by atoms with Gasteiger partial charge in [0, 0.05) is 11.6 Å². The molecular weight excluding hydrogens is 205 g/mol. The minimum atomic E-state index is -0.278. The molecule has 1 atom stereocenters. The van der Waals surface area contributed by atoms with Crippen molar-refractivity contribution in [1.82, 2.24) is 4.98 Å². The van der Waals surface area contributed by atoms with Crippen LogP contribution < -0.4 is 0 Å². The first-order chi connectivity index (χ1) is 7.58. The molecule has 1 unspecified atom stereocenters. The van der Waals surface area contributed by atoms with Gasteiger partial charge in [0.15, 0.2) is 0 Å². The summed E-state index contributed by atoms with van der Waals surface area (Å²) < 4.78 is 13.0. The van der Waals surface area contributed by atoms with Crippen molar-refractivity contribution in [2.75, 3.05) is 0 Å². The van der Waals surface area contributed by atoms with Crippen LogP contribution in [0, 0.1) is 5.82 Å². The lowest BCUT2D eigenvalue weighted by atomic mass is 10.0. The number of rotatable bonds is 2. The molecule has 3 heteroatoms. The number of aromatic nitrogens is 1. The second-order valence-electron chi connectivity index (χ2n) is 3.93. The number of Topliss-reactive ketones (excluding diaryl/α,β-unsaturated/α-hetero) is 1. The van der Waals surface area contributed by atoms with Gasteiger partial charge >= 0.3 is 0 Å². The third kappa shape index (κ3) is 1.94. The normalized spacial score (nSPS) is 12.7. The van der Waals surface area contributed by atoms with E-state index < -0.39 is 0 Å². The van der Waals surface area contributed by atoms with Crippen LogP contribution in [0.25, 0.3) is 10.8 Å². The van der Waals surface area contributed by atoms with Crippen molar-refractivity contribution in [2.24, 2.45) is 0 Å². The SMILES string of the molecule is CC(=O)C(C)c1cc2cc(F)ccc2cn1. The van der Waals surface area contributed by atoms with E-state index in [1.807, 2.05) is 0 Å². The molecule has 1 aromatic heterocycles. The standard InChI is InChI=1S/C13H12FNO/c1-8(9(2)16)13-6-11-5-12(14)4-3-10(11)7-15-13/h3-8H,1-2H3. The Hall–Kier alpha value is -1.77. The number of benzene rings is 1. The molecule has 0 N–H and O–H groups in total. The largest absolute Gasteiger partial charge is 0.299 e. The van der Waals surface area contributed by atoms with Gasteiger partial charge in [-0.05, 0) is 43.5 Å². The molecule has 2 rings (SSSR count). The van der Waals surface area contributed by atoms with Crippen LogP contribution in [0.3, 0.4) is 0 Å². The molecule has 0 bridgehead atoms. The predicted molar refractivity (Wildman–Crippen MR) is 60.8 cm³/mol. The lowest BCUT2D eigenvalue weighted by Crippen LogP contribution is -2.06. The molecule has 0 aliphatic rings. The summed E-state index contributed by atoms with van der Waals surface area (Å²) in [5, 5.41) is 1.65. The van der Waals surface area contributed by atoms with Crippen molar-refractivity contribution in [1.29, 1.82) is 0 Å². The number of pyridine rings is 1. The molecule has 0 amide bonds. The molecular formula is C13H12FNO. The van der Waals surface area contributed by atoms with E-state index in [2.05, 4.69) is 4.98 Å². The van der Waals surface area contributed by atoms with Crippen molar-refractivity contribution in [3.05, 3.63) is 42.0 Å². The molecule has 1 aromatic carbocycles. The smallest absolute Gasteiger partial charge is 0.138 e. The van der Waals surface area contributed by atoms with E-state index in [-0.39, 0.29) is 17.5 Å². The van der Waals surface area contributed by atoms with Crippen molar-refractivity contribution in [2.45, 2.75) is 19.8 Å². The van der Waals surface area contributed by atoms with E-state index >= 15 is 0 Å². The molecule has 0 radical (unpaired) electrons. The summed E-state index contributed by atoms with van der Waals surface area (Å²) in [5.74, 6) is -0.462. The molecule has 2 aromatic rings. The van der Waals surface area contributed by atoms with Crippen LogP contribution in [0.4, 0.5) is 4.39 Å². The second-order valence-corrected chi connectivity index (χ2v) is 3.93. The fourth-order valence-electron chi connectivity index (χ4n) is 1.57. The number of hydrogen-bond acceptors (Lipinski definition) is 2. The lowest BCUT2D eigenvalue weighted by Gasteiger charge is -2.07. The van der Waals surface area contributed by atoms with Crippen LogP contribution in [0.2, 0.25) is 0 Å². The summed E-state index contributed by atoms with van der Waals surface area (Å²) in [6, 6.07) is 6.30. The maximum Gasteiger partial charge on any atom is 0.138 e. The Morgan fingerprint density at radius 2 is 2.06 bits per heavy atom. The molecule has 82 valence electrons. The fourth-order valence-corrected chi connectivity index (χ4v) is 1.57. The van der Waals surface area contributed by atoms with E-state index in [4.69, 9.17) is 0 Å². The van der Waals surface area contributed by atoms with Crippen LogP contribution >= 0.6 is 0 Å². The molecule has 1 heterocycles. The zero-order valence-corrected chi connectivity index (χ0v) is 9.20. The number of halogens is 1. The number of hydrogen-bond donors (Lipinski definition) is 0. The maximum atomic E-state index is 13.0. The van der Waals surface area contributed by atoms with Gasteiger partial charge in [-0.3, -0.25) is 9.78 Å². The van der Waals surface area contributed by atoms with Crippen LogP contribution in [0.5, 0.6) is 0 Å². The first kappa shape index (κ1) is 10.7. The quantitative estimate of drug-likeness (QED) is 0.773. The zero-order valence-electron chi connectivity index (χ0n) is 9.20. The van der Waals surface area contributed by atoms with Crippen LogP contribution in [0.1, 0.15) is 25.5 Å². The van der Waals surface area contributed by atoms with E-state index in [0.717, 1.165) is 10.8 Å². The lowest BCUT2D eigenvalue weighted by molar-refractivity contribution is -0.118. The Morgan fingerprint density at radius 3 is 2.75 bits per heavy atom. The summed E-state index contributed by atoms with van der Waals surface area (Å²) >= 11 is 0. The van der Waals surface area contributed by atoms with Crippen LogP contribution in [0.15, 0.2) is 30.5 Å². The average Bonchev–Trinajstić information content (AvgIpc) is 2.26. The molecule has 0 saturated carbocycles. The maximum absolute atomic E-state index is 13.0. The van der Waals surface area contributed by atoms with Crippen molar-refractivity contribution in [3.8, 4) is 0 Å². The third-order valence-corrected chi connectivity index (χ3v) is 2.76. The summed E-state index contributed by atoms with van der Waals surface area (Å²) in [5.41, 5.74) is 0.686. The second kappa shape index (κ2) is 4.00. The molecule has 0 spiro atoms. The van der Waals surface area contributed by atoms with Gasteiger partial charge in [0.2, 0.25) is 0 Å². The van der Waals surface area contributed by atoms with Gasteiger partial charge in [-0.15, -0.1) is 0 Å². The van der Waals surface area contributed by atoms with Gasteiger partial charge in [-0.25, -0.2) is 4.39 Å². The molecule has 0 fully saturated rings. The summed E-state index contributed by atoms with van der Waals surface area (Å²) in [7, 11) is 0. The predicted octanol–water partition coefficient (Wildman–Crippen LogP) is 3.07. The highest BCUT2D eigenvalue weighted by molar-refractivity contribution is 5.86.